The molecule has 76 valence electrons. The van der Waals surface area contributed by atoms with E-state index in [-0.39, 0.29) is 0 Å². The normalized spacial score (nSPS) is 12.3. The predicted octanol–water partition coefficient (Wildman–Crippen LogP) is -0.0763. The molecule has 0 radical (unpaired) electrons. The Hall–Kier alpha value is -0.700. The molecule has 0 aliphatic rings. The summed E-state index contributed by atoms with van der Waals surface area (Å²) in [5.74, 6) is 0. The molecular weight excluding hydrogens is 220 g/mol. The average Bonchev–Trinajstić information content (AvgIpc) is 2.04. The van der Waals surface area contributed by atoms with E-state index in [0.29, 0.717) is 10.8 Å². The maximum absolute atomic E-state index is 10.5. The minimum absolute atomic E-state index is 0.525. The summed E-state index contributed by atoms with van der Waals surface area (Å²) in [5.41, 5.74) is 0. The van der Waals surface area contributed by atoms with Crippen LogP contribution < -0.4 is 0 Å². The molecule has 0 unspecified atom stereocenters. The number of hydrogen-bond donors (Lipinski definition) is 0. The Kier molecular flexibility index (Phi) is 4.27. The molecule has 8 heteroatoms. The van der Waals surface area contributed by atoms with Gasteiger partial charge in [0.05, 0.1) is 10.8 Å². The van der Waals surface area contributed by atoms with Crippen LogP contribution in [-0.4, -0.2) is 23.6 Å². The largest absolute Gasteiger partial charge is 0.291 e. The summed E-state index contributed by atoms with van der Waals surface area (Å²) in [6.45, 7) is 4.93. The second kappa shape index (κ2) is 4.51. The van der Waals surface area contributed by atoms with Gasteiger partial charge < -0.3 is 0 Å². The van der Waals surface area contributed by atoms with E-state index < -0.39 is 27.0 Å². The Morgan fingerprint density at radius 1 is 0.923 bits per heavy atom. The van der Waals surface area contributed by atoms with Crippen LogP contribution in [0.25, 0.3) is 0 Å². The summed E-state index contributed by atoms with van der Waals surface area (Å²) in [4.78, 5) is 0. The second-order valence-electron chi connectivity index (χ2n) is 1.67. The van der Waals surface area contributed by atoms with E-state index in [1.54, 1.807) is 0 Å². The van der Waals surface area contributed by atoms with Crippen LogP contribution in [0.15, 0.2) is 24.0 Å². The van der Waals surface area contributed by atoms with Crippen molar-refractivity contribution in [1.82, 2.24) is 0 Å². The molecule has 0 aromatic carbocycles. The van der Waals surface area contributed by atoms with Crippen LogP contribution in [0.2, 0.25) is 0 Å². The maximum Gasteiger partial charge on any atom is 0.291 e. The molecule has 0 aliphatic heterocycles. The van der Waals surface area contributed by atoms with Crippen LogP contribution in [0.5, 0.6) is 0 Å². The van der Waals surface area contributed by atoms with Gasteiger partial charge in [-0.05, 0) is 0 Å². The van der Waals surface area contributed by atoms with Crippen LogP contribution in [0, 0.1) is 0 Å². The van der Waals surface area contributed by atoms with Crippen molar-refractivity contribution in [1.29, 1.82) is 0 Å². The van der Waals surface area contributed by atoms with Gasteiger partial charge in [-0.3, -0.25) is 0 Å². The van der Waals surface area contributed by atoms with Crippen molar-refractivity contribution in [3.63, 3.8) is 0 Å². The molecule has 0 atom stereocenters. The zero-order valence-corrected chi connectivity index (χ0v) is 8.18. The van der Waals surface area contributed by atoms with Crippen molar-refractivity contribution >= 4 is 20.2 Å². The van der Waals surface area contributed by atoms with Crippen LogP contribution in [0.3, 0.4) is 0 Å². The molecule has 0 N–H and O–H groups in total. The Bertz CT molecular complexity index is 337. The highest BCUT2D eigenvalue weighted by Gasteiger charge is 2.09. The zero-order chi connectivity index (χ0) is 10.5. The molecule has 0 rings (SSSR count). The van der Waals surface area contributed by atoms with Crippen molar-refractivity contribution in [2.45, 2.75) is 0 Å². The molecule has 0 spiro atoms. The lowest BCUT2D eigenvalue weighted by molar-refractivity contribution is 0.136. The average molecular weight is 228 g/mol. The first kappa shape index (κ1) is 12.3. The monoisotopic (exact) mass is 228 g/mol. The van der Waals surface area contributed by atoms with Gasteiger partial charge in [0.2, 0.25) is 0 Å². The van der Waals surface area contributed by atoms with Crippen molar-refractivity contribution in [2.24, 2.45) is 0 Å². The lowest BCUT2D eigenvalue weighted by Gasteiger charge is -2.00. The summed E-state index contributed by atoms with van der Waals surface area (Å²) in [6, 6.07) is 0. The summed E-state index contributed by atoms with van der Waals surface area (Å²) in [6.07, 6.45) is 0. The van der Waals surface area contributed by atoms with Crippen LogP contribution in [0.1, 0.15) is 0 Å². The number of hydrogen-bond acceptors (Lipinski definition) is 6. The van der Waals surface area contributed by atoms with Gasteiger partial charge in [0, 0.05) is 0 Å². The van der Waals surface area contributed by atoms with Gasteiger partial charge in [-0.1, -0.05) is 13.2 Å². The minimum atomic E-state index is -3.91. The third kappa shape index (κ3) is 5.53. The Balaban J connectivity index is 4.11. The summed E-state index contributed by atoms with van der Waals surface area (Å²) < 4.78 is 50.2. The smallest absolute Gasteiger partial charge is 0.237 e. The van der Waals surface area contributed by atoms with Crippen LogP contribution in [-0.2, 0) is 28.6 Å². The fourth-order valence-corrected chi connectivity index (χ4v) is 0.868. The Morgan fingerprint density at radius 2 is 1.23 bits per heavy atom. The zero-order valence-electron chi connectivity index (χ0n) is 6.54. The van der Waals surface area contributed by atoms with Gasteiger partial charge in [-0.15, -0.1) is 0 Å². The van der Waals surface area contributed by atoms with Gasteiger partial charge in [0.15, 0.2) is 6.79 Å². The molecule has 0 fully saturated rings. The van der Waals surface area contributed by atoms with Gasteiger partial charge in [-0.25, -0.2) is 8.37 Å². The first-order valence-corrected chi connectivity index (χ1v) is 5.81. The highest BCUT2D eigenvalue weighted by Crippen LogP contribution is 1.98. The molecule has 0 heterocycles. The van der Waals surface area contributed by atoms with Gasteiger partial charge >= 0.3 is 0 Å². The van der Waals surface area contributed by atoms with E-state index in [1.807, 2.05) is 0 Å². The number of rotatable bonds is 6. The SMILES string of the molecule is C=CS(=O)(=O)OCOS(=O)(=O)C=C. The van der Waals surface area contributed by atoms with Crippen molar-refractivity contribution < 1.29 is 25.2 Å². The minimum Gasteiger partial charge on any atom is -0.237 e. The van der Waals surface area contributed by atoms with Crippen molar-refractivity contribution in [3.8, 4) is 0 Å². The molecule has 13 heavy (non-hydrogen) atoms. The lowest BCUT2D eigenvalue weighted by Crippen LogP contribution is -2.09. The fourth-order valence-electron chi connectivity index (χ4n) is 0.250. The first-order chi connectivity index (χ1) is 5.83. The van der Waals surface area contributed by atoms with E-state index in [0.717, 1.165) is 0 Å². The van der Waals surface area contributed by atoms with E-state index in [1.165, 1.54) is 0 Å². The Labute approximate surface area is 76.7 Å². The summed E-state index contributed by atoms with van der Waals surface area (Å²) >= 11 is 0. The van der Waals surface area contributed by atoms with E-state index in [4.69, 9.17) is 0 Å². The molecule has 0 aromatic rings. The van der Waals surface area contributed by atoms with Crippen LogP contribution in [0.4, 0.5) is 0 Å². The maximum atomic E-state index is 10.5. The molecule has 0 amide bonds. The summed E-state index contributed by atoms with van der Waals surface area (Å²) in [7, 11) is -7.82. The fraction of sp³-hybridized carbons (Fsp3) is 0.200. The predicted molar refractivity (Wildman–Crippen MR) is 45.3 cm³/mol. The van der Waals surface area contributed by atoms with E-state index >= 15 is 0 Å². The second-order valence-corrected chi connectivity index (χ2v) is 4.78. The van der Waals surface area contributed by atoms with Gasteiger partial charge in [0.25, 0.3) is 20.2 Å². The molecule has 6 nitrogen and oxygen atoms in total. The third-order valence-electron chi connectivity index (χ3n) is 0.833. The van der Waals surface area contributed by atoms with E-state index in [2.05, 4.69) is 21.5 Å². The molecule has 0 bridgehead atoms. The third-order valence-corrected chi connectivity index (χ3v) is 2.50. The topological polar surface area (TPSA) is 86.7 Å². The van der Waals surface area contributed by atoms with Crippen molar-refractivity contribution in [3.05, 3.63) is 24.0 Å². The van der Waals surface area contributed by atoms with E-state index in [9.17, 15) is 16.8 Å². The highest BCUT2D eigenvalue weighted by atomic mass is 32.2. The Morgan fingerprint density at radius 3 is 1.46 bits per heavy atom. The summed E-state index contributed by atoms with van der Waals surface area (Å²) in [5, 5.41) is 1.05. The van der Waals surface area contributed by atoms with Crippen molar-refractivity contribution in [2.75, 3.05) is 6.79 Å². The highest BCUT2D eigenvalue weighted by molar-refractivity contribution is 7.90. The molecular formula is C5H8O6S2. The lowest BCUT2D eigenvalue weighted by atomic mass is 11.3. The standard InChI is InChI=1S/C5H8O6S2/c1-3-12(6,7)10-5-11-13(8,9)4-2/h3-4H,1-2,5H2. The molecule has 0 aliphatic carbocycles. The molecule has 0 saturated carbocycles. The first-order valence-electron chi connectivity index (χ1n) is 2.87. The molecule has 0 saturated heterocycles. The van der Waals surface area contributed by atoms with Gasteiger partial charge in [0.1, 0.15) is 0 Å². The quantitative estimate of drug-likeness (QED) is 0.467. The van der Waals surface area contributed by atoms with Crippen LogP contribution >= 0.6 is 0 Å². The molecule has 0 aromatic heterocycles. The van der Waals surface area contributed by atoms with Gasteiger partial charge in [-0.2, -0.15) is 16.8 Å².